The van der Waals surface area contributed by atoms with Crippen LogP contribution in [-0.4, -0.2) is 33.5 Å². The van der Waals surface area contributed by atoms with Crippen LogP contribution in [0, 0.1) is 0 Å². The first kappa shape index (κ1) is 7.88. The van der Waals surface area contributed by atoms with Crippen LogP contribution in [0.15, 0.2) is 0 Å². The first-order valence-electron chi connectivity index (χ1n) is 2.77. The molecule has 3 N–H and O–H groups in total. The fraction of sp³-hybridized carbons (Fsp3) is 1.00. The van der Waals surface area contributed by atoms with Crippen LogP contribution in [0.2, 0.25) is 0 Å². The van der Waals surface area contributed by atoms with E-state index in [4.69, 9.17) is 9.47 Å². The topological polar surface area (TPSA) is 46.1 Å². The number of hydrogen-bond acceptors (Lipinski definition) is 2. The molecule has 0 spiro atoms. The second-order valence-corrected chi connectivity index (χ2v) is 1.46. The van der Waals surface area contributed by atoms with Crippen LogP contribution in [0.3, 0.4) is 0 Å². The van der Waals surface area contributed by atoms with Gasteiger partial charge in [0.1, 0.15) is 0 Å². The van der Waals surface area contributed by atoms with Gasteiger partial charge in [0.25, 0.3) is 0 Å². The highest BCUT2D eigenvalue weighted by Gasteiger charge is 1.83. The fourth-order valence-corrected chi connectivity index (χ4v) is 0.346. The first-order valence-corrected chi connectivity index (χ1v) is 2.77. The third-order valence-electron chi connectivity index (χ3n) is 0.720. The minimum atomic E-state index is 0.681. The standard InChI is InChI=1S/C5H13NO2/c1-7-4-5-8-3-2-6/h2-6H2,1H3/p+1. The highest BCUT2D eigenvalue weighted by atomic mass is 16.5. The van der Waals surface area contributed by atoms with Gasteiger partial charge in [-0.05, 0) is 0 Å². The lowest BCUT2D eigenvalue weighted by Crippen LogP contribution is -2.52. The Hall–Kier alpha value is -0.120. The summed E-state index contributed by atoms with van der Waals surface area (Å²) in [5, 5.41) is 0. The van der Waals surface area contributed by atoms with Crippen molar-refractivity contribution in [1.29, 1.82) is 0 Å². The molecule has 0 atom stereocenters. The van der Waals surface area contributed by atoms with E-state index in [1.54, 1.807) is 7.11 Å². The Balaban J connectivity index is 2.53. The Morgan fingerprint density at radius 3 is 2.50 bits per heavy atom. The lowest BCUT2D eigenvalue weighted by Gasteiger charge is -1.97. The molecule has 0 fully saturated rings. The van der Waals surface area contributed by atoms with E-state index in [0.29, 0.717) is 13.2 Å². The number of methoxy groups -OCH3 is 1. The molecule has 0 unspecified atom stereocenters. The van der Waals surface area contributed by atoms with Gasteiger partial charge < -0.3 is 15.2 Å². The van der Waals surface area contributed by atoms with Crippen LogP contribution >= 0.6 is 0 Å². The third-order valence-corrected chi connectivity index (χ3v) is 0.720. The molecule has 0 aliphatic carbocycles. The largest absolute Gasteiger partial charge is 0.382 e. The molecule has 3 heteroatoms. The Labute approximate surface area is 49.8 Å². The summed E-state index contributed by atoms with van der Waals surface area (Å²) < 4.78 is 9.78. The molecular weight excluding hydrogens is 106 g/mol. The van der Waals surface area contributed by atoms with Gasteiger partial charge in [0.05, 0.1) is 26.4 Å². The van der Waals surface area contributed by atoms with E-state index in [2.05, 4.69) is 5.73 Å². The zero-order valence-corrected chi connectivity index (χ0v) is 5.35. The number of quaternary nitrogens is 1. The maximum absolute atomic E-state index is 5.04. The molecule has 0 rings (SSSR count). The van der Waals surface area contributed by atoms with E-state index in [9.17, 15) is 0 Å². The molecule has 0 bridgehead atoms. The lowest BCUT2D eigenvalue weighted by molar-refractivity contribution is -0.374. The monoisotopic (exact) mass is 120 g/mol. The Morgan fingerprint density at radius 1 is 1.25 bits per heavy atom. The molecule has 0 aromatic heterocycles. The Kier molecular flexibility index (Phi) is 6.78. The van der Waals surface area contributed by atoms with Gasteiger partial charge in [0.15, 0.2) is 0 Å². The molecule has 8 heavy (non-hydrogen) atoms. The van der Waals surface area contributed by atoms with Gasteiger partial charge >= 0.3 is 0 Å². The highest BCUT2D eigenvalue weighted by Crippen LogP contribution is 1.71. The zero-order valence-electron chi connectivity index (χ0n) is 5.35. The molecule has 0 saturated heterocycles. The number of hydrogen-bond donors (Lipinski definition) is 1. The molecule has 50 valence electrons. The van der Waals surface area contributed by atoms with E-state index < -0.39 is 0 Å². The zero-order chi connectivity index (χ0) is 6.24. The van der Waals surface area contributed by atoms with E-state index in [0.717, 1.165) is 13.2 Å². The van der Waals surface area contributed by atoms with Crippen LogP contribution < -0.4 is 5.73 Å². The molecule has 0 radical (unpaired) electrons. The van der Waals surface area contributed by atoms with Gasteiger partial charge in [-0.15, -0.1) is 0 Å². The van der Waals surface area contributed by atoms with E-state index >= 15 is 0 Å². The summed E-state index contributed by atoms with van der Waals surface area (Å²) in [6.45, 7) is 2.94. The van der Waals surface area contributed by atoms with Gasteiger partial charge in [-0.1, -0.05) is 0 Å². The molecule has 0 aromatic rings. The fourth-order valence-electron chi connectivity index (χ4n) is 0.346. The van der Waals surface area contributed by atoms with Crippen LogP contribution in [0.5, 0.6) is 0 Å². The first-order chi connectivity index (χ1) is 3.91. The Bertz CT molecular complexity index is 35.4. The lowest BCUT2D eigenvalue weighted by atomic mass is 10.7. The molecule has 0 aliphatic heterocycles. The highest BCUT2D eigenvalue weighted by molar-refractivity contribution is 4.25. The molecule has 0 saturated carbocycles. The summed E-state index contributed by atoms with van der Waals surface area (Å²) in [6, 6.07) is 0. The van der Waals surface area contributed by atoms with E-state index in [1.807, 2.05) is 0 Å². The average molecular weight is 120 g/mol. The number of rotatable bonds is 5. The van der Waals surface area contributed by atoms with Gasteiger partial charge in [-0.25, -0.2) is 0 Å². The summed E-state index contributed by atoms with van der Waals surface area (Å²) in [7, 11) is 1.66. The summed E-state index contributed by atoms with van der Waals surface area (Å²) >= 11 is 0. The van der Waals surface area contributed by atoms with Crippen molar-refractivity contribution in [2.75, 3.05) is 33.5 Å². The molecule has 0 heterocycles. The van der Waals surface area contributed by atoms with Crippen LogP contribution in [0.25, 0.3) is 0 Å². The molecular formula is C5H14NO2+. The smallest absolute Gasteiger partial charge is 0.0977 e. The van der Waals surface area contributed by atoms with Crippen LogP contribution in [0.4, 0.5) is 0 Å². The normalized spacial score (nSPS) is 9.75. The quantitative estimate of drug-likeness (QED) is 0.468. The third kappa shape index (κ3) is 5.88. The number of ether oxygens (including phenoxy) is 2. The van der Waals surface area contributed by atoms with Crippen molar-refractivity contribution in [2.45, 2.75) is 0 Å². The molecule has 0 aliphatic rings. The van der Waals surface area contributed by atoms with Crippen molar-refractivity contribution in [3.63, 3.8) is 0 Å². The van der Waals surface area contributed by atoms with Crippen molar-refractivity contribution in [1.82, 2.24) is 0 Å². The minimum absolute atomic E-state index is 0.681. The van der Waals surface area contributed by atoms with E-state index in [1.165, 1.54) is 0 Å². The summed E-state index contributed by atoms with van der Waals surface area (Å²) in [4.78, 5) is 0. The van der Waals surface area contributed by atoms with Gasteiger partial charge in [-0.2, -0.15) is 0 Å². The van der Waals surface area contributed by atoms with Crippen molar-refractivity contribution >= 4 is 0 Å². The second-order valence-electron chi connectivity index (χ2n) is 1.46. The summed E-state index contributed by atoms with van der Waals surface area (Å²) in [5.74, 6) is 0. The van der Waals surface area contributed by atoms with Crippen molar-refractivity contribution in [2.24, 2.45) is 0 Å². The van der Waals surface area contributed by atoms with Crippen molar-refractivity contribution in [3.8, 4) is 0 Å². The molecule has 0 amide bonds. The molecule has 3 nitrogen and oxygen atoms in total. The molecule has 0 aromatic carbocycles. The SMILES string of the molecule is COCCOCC[NH3+]. The Morgan fingerprint density at radius 2 is 2.00 bits per heavy atom. The second kappa shape index (κ2) is 6.88. The van der Waals surface area contributed by atoms with Gasteiger partial charge in [-0.3, -0.25) is 0 Å². The summed E-state index contributed by atoms with van der Waals surface area (Å²) in [5.41, 5.74) is 3.62. The minimum Gasteiger partial charge on any atom is -0.382 e. The van der Waals surface area contributed by atoms with Gasteiger partial charge in [0, 0.05) is 7.11 Å². The van der Waals surface area contributed by atoms with Gasteiger partial charge in [0.2, 0.25) is 0 Å². The van der Waals surface area contributed by atoms with Crippen molar-refractivity contribution < 1.29 is 15.2 Å². The van der Waals surface area contributed by atoms with Crippen molar-refractivity contribution in [3.05, 3.63) is 0 Å². The van der Waals surface area contributed by atoms with Crippen LogP contribution in [-0.2, 0) is 9.47 Å². The van der Waals surface area contributed by atoms with Crippen LogP contribution in [0.1, 0.15) is 0 Å². The summed E-state index contributed by atoms with van der Waals surface area (Å²) in [6.07, 6.45) is 0. The maximum Gasteiger partial charge on any atom is 0.0977 e. The average Bonchev–Trinajstić information content (AvgIpc) is 1.81. The maximum atomic E-state index is 5.04. The predicted molar refractivity (Wildman–Crippen MR) is 30.5 cm³/mol. The van der Waals surface area contributed by atoms with E-state index in [-0.39, 0.29) is 0 Å². The predicted octanol–water partition coefficient (Wildman–Crippen LogP) is -1.11.